The van der Waals surface area contributed by atoms with Crippen molar-refractivity contribution in [1.82, 2.24) is 0 Å². The average Bonchev–Trinajstić information content (AvgIpc) is 2.34. The Morgan fingerprint density at radius 1 is 1.44 bits per heavy atom. The molecule has 0 atom stereocenters. The molecule has 0 radical (unpaired) electrons. The van der Waals surface area contributed by atoms with Crippen molar-refractivity contribution < 1.29 is 24.2 Å². The standard InChI is InChI=1S/C12H13NO5/c1-2-6-17-12(16)13-9-4-3-5-10(7-9)18-8-11(14)15/h2-5,7H,1,6,8H2,(H,13,16)(H,14,15). The number of carbonyl (C=O) groups is 2. The molecule has 1 amide bonds. The Morgan fingerprint density at radius 3 is 2.89 bits per heavy atom. The van der Waals surface area contributed by atoms with Crippen LogP contribution in [0.25, 0.3) is 0 Å². The van der Waals surface area contributed by atoms with Gasteiger partial charge in [-0.25, -0.2) is 9.59 Å². The number of carboxylic acids is 1. The van der Waals surface area contributed by atoms with E-state index in [0.717, 1.165) is 0 Å². The lowest BCUT2D eigenvalue weighted by Gasteiger charge is -2.07. The zero-order valence-corrected chi connectivity index (χ0v) is 9.59. The van der Waals surface area contributed by atoms with E-state index in [1.165, 1.54) is 12.1 Å². The van der Waals surface area contributed by atoms with E-state index in [0.29, 0.717) is 11.4 Å². The van der Waals surface area contributed by atoms with Crippen molar-refractivity contribution in [3.63, 3.8) is 0 Å². The summed E-state index contributed by atoms with van der Waals surface area (Å²) in [6.07, 6.45) is 0.830. The predicted octanol–water partition coefficient (Wildman–Crippen LogP) is 1.88. The first-order valence-electron chi connectivity index (χ1n) is 5.11. The Balaban J connectivity index is 2.55. The van der Waals surface area contributed by atoms with Crippen LogP contribution in [-0.4, -0.2) is 30.4 Å². The van der Waals surface area contributed by atoms with Crippen LogP contribution in [0.15, 0.2) is 36.9 Å². The molecule has 0 aliphatic carbocycles. The van der Waals surface area contributed by atoms with E-state index in [1.54, 1.807) is 18.2 Å². The largest absolute Gasteiger partial charge is 0.482 e. The molecular weight excluding hydrogens is 238 g/mol. The lowest BCUT2D eigenvalue weighted by molar-refractivity contribution is -0.139. The number of carbonyl (C=O) groups excluding carboxylic acids is 1. The molecule has 0 spiro atoms. The normalized spacial score (nSPS) is 9.33. The van der Waals surface area contributed by atoms with Gasteiger partial charge in [-0.3, -0.25) is 5.32 Å². The Morgan fingerprint density at radius 2 is 2.22 bits per heavy atom. The first kappa shape index (κ1) is 13.6. The Bertz CT molecular complexity index is 444. The van der Waals surface area contributed by atoms with Gasteiger partial charge in [-0.15, -0.1) is 0 Å². The topological polar surface area (TPSA) is 84.9 Å². The fraction of sp³-hybridized carbons (Fsp3) is 0.167. The van der Waals surface area contributed by atoms with E-state index in [2.05, 4.69) is 11.9 Å². The second kappa shape index (κ2) is 6.95. The highest BCUT2D eigenvalue weighted by Gasteiger charge is 2.04. The summed E-state index contributed by atoms with van der Waals surface area (Å²) >= 11 is 0. The van der Waals surface area contributed by atoms with Gasteiger partial charge in [0.2, 0.25) is 0 Å². The Hall–Kier alpha value is -2.50. The van der Waals surface area contributed by atoms with Gasteiger partial charge >= 0.3 is 12.1 Å². The number of hydrogen-bond acceptors (Lipinski definition) is 4. The van der Waals surface area contributed by atoms with Crippen LogP contribution in [0.2, 0.25) is 0 Å². The van der Waals surface area contributed by atoms with Crippen LogP contribution in [0.3, 0.4) is 0 Å². The SMILES string of the molecule is C=CCOC(=O)Nc1cccc(OCC(=O)O)c1. The second-order valence-corrected chi connectivity index (χ2v) is 3.22. The number of nitrogens with one attached hydrogen (secondary N) is 1. The number of ether oxygens (including phenoxy) is 2. The van der Waals surface area contributed by atoms with Crippen molar-refractivity contribution in [3.8, 4) is 5.75 Å². The highest BCUT2D eigenvalue weighted by molar-refractivity contribution is 5.84. The van der Waals surface area contributed by atoms with Gasteiger partial charge < -0.3 is 14.6 Å². The van der Waals surface area contributed by atoms with Crippen molar-refractivity contribution in [2.45, 2.75) is 0 Å². The third-order valence-corrected chi connectivity index (χ3v) is 1.78. The Labute approximate surface area is 104 Å². The van der Waals surface area contributed by atoms with E-state index in [4.69, 9.17) is 14.6 Å². The fourth-order valence-corrected chi connectivity index (χ4v) is 1.10. The molecule has 0 saturated heterocycles. The van der Waals surface area contributed by atoms with Crippen LogP contribution in [-0.2, 0) is 9.53 Å². The van der Waals surface area contributed by atoms with Gasteiger partial charge in [0.15, 0.2) is 6.61 Å². The molecule has 0 heterocycles. The first-order valence-corrected chi connectivity index (χ1v) is 5.11. The molecule has 6 heteroatoms. The molecule has 6 nitrogen and oxygen atoms in total. The van der Waals surface area contributed by atoms with Crippen molar-refractivity contribution >= 4 is 17.7 Å². The molecule has 0 saturated carbocycles. The van der Waals surface area contributed by atoms with Crippen LogP contribution < -0.4 is 10.1 Å². The third kappa shape index (κ3) is 5.02. The van der Waals surface area contributed by atoms with E-state index >= 15 is 0 Å². The summed E-state index contributed by atoms with van der Waals surface area (Å²) in [7, 11) is 0. The highest BCUT2D eigenvalue weighted by Crippen LogP contribution is 2.17. The molecule has 0 aromatic heterocycles. The van der Waals surface area contributed by atoms with Crippen LogP contribution in [0, 0.1) is 0 Å². The summed E-state index contributed by atoms with van der Waals surface area (Å²) in [5.41, 5.74) is 0.451. The molecule has 0 aliphatic heterocycles. The maximum absolute atomic E-state index is 11.2. The van der Waals surface area contributed by atoms with Crippen molar-refractivity contribution in [1.29, 1.82) is 0 Å². The van der Waals surface area contributed by atoms with Crippen LogP contribution >= 0.6 is 0 Å². The van der Waals surface area contributed by atoms with Crippen LogP contribution in [0.5, 0.6) is 5.75 Å². The number of carboxylic acid groups (broad SMARTS) is 1. The fourth-order valence-electron chi connectivity index (χ4n) is 1.10. The van der Waals surface area contributed by atoms with E-state index < -0.39 is 18.7 Å². The number of anilines is 1. The number of rotatable bonds is 6. The monoisotopic (exact) mass is 251 g/mol. The predicted molar refractivity (Wildman–Crippen MR) is 64.7 cm³/mol. The number of benzene rings is 1. The van der Waals surface area contributed by atoms with Gasteiger partial charge in [-0.05, 0) is 12.1 Å². The number of hydrogen-bond donors (Lipinski definition) is 2. The van der Waals surface area contributed by atoms with Gasteiger partial charge in [0, 0.05) is 11.8 Å². The maximum atomic E-state index is 11.2. The average molecular weight is 251 g/mol. The molecule has 1 rings (SSSR count). The van der Waals surface area contributed by atoms with Gasteiger partial charge in [-0.1, -0.05) is 18.7 Å². The number of amides is 1. The molecule has 1 aromatic carbocycles. The first-order chi connectivity index (χ1) is 8.61. The van der Waals surface area contributed by atoms with Crippen LogP contribution in [0.1, 0.15) is 0 Å². The molecule has 2 N–H and O–H groups in total. The molecule has 0 bridgehead atoms. The molecule has 0 fully saturated rings. The Kier molecular flexibility index (Phi) is 5.24. The van der Waals surface area contributed by atoms with Crippen molar-refractivity contribution in [3.05, 3.63) is 36.9 Å². The summed E-state index contributed by atoms with van der Waals surface area (Å²) in [6.45, 7) is 3.09. The molecular formula is C12H13NO5. The minimum Gasteiger partial charge on any atom is -0.482 e. The highest BCUT2D eigenvalue weighted by atomic mass is 16.5. The summed E-state index contributed by atoms with van der Waals surface area (Å²) in [6, 6.07) is 6.34. The molecule has 96 valence electrons. The van der Waals surface area contributed by atoms with Gasteiger partial charge in [0.25, 0.3) is 0 Å². The van der Waals surface area contributed by atoms with Crippen molar-refractivity contribution in [2.24, 2.45) is 0 Å². The molecule has 0 aliphatic rings. The van der Waals surface area contributed by atoms with Crippen LogP contribution in [0.4, 0.5) is 10.5 Å². The number of aliphatic carboxylic acids is 1. The maximum Gasteiger partial charge on any atom is 0.411 e. The second-order valence-electron chi connectivity index (χ2n) is 3.22. The van der Waals surface area contributed by atoms with Gasteiger partial charge in [0.05, 0.1) is 0 Å². The third-order valence-electron chi connectivity index (χ3n) is 1.78. The zero-order valence-electron chi connectivity index (χ0n) is 9.59. The van der Waals surface area contributed by atoms with Crippen molar-refractivity contribution in [2.75, 3.05) is 18.5 Å². The molecule has 18 heavy (non-hydrogen) atoms. The molecule has 1 aromatic rings. The smallest absolute Gasteiger partial charge is 0.411 e. The lowest BCUT2D eigenvalue weighted by Crippen LogP contribution is -2.14. The summed E-state index contributed by atoms with van der Waals surface area (Å²) in [5.74, 6) is -0.724. The quantitative estimate of drug-likeness (QED) is 0.754. The van der Waals surface area contributed by atoms with E-state index in [9.17, 15) is 9.59 Å². The minimum absolute atomic E-state index is 0.112. The summed E-state index contributed by atoms with van der Waals surface area (Å²) in [4.78, 5) is 21.6. The van der Waals surface area contributed by atoms with E-state index in [-0.39, 0.29) is 6.61 Å². The van der Waals surface area contributed by atoms with Gasteiger partial charge in [-0.2, -0.15) is 0 Å². The summed E-state index contributed by atoms with van der Waals surface area (Å²) < 4.78 is 9.69. The van der Waals surface area contributed by atoms with Gasteiger partial charge in [0.1, 0.15) is 12.4 Å². The zero-order chi connectivity index (χ0) is 13.4. The molecule has 0 unspecified atom stereocenters. The summed E-state index contributed by atoms with van der Waals surface area (Å²) in [5, 5.41) is 10.9. The van der Waals surface area contributed by atoms with E-state index in [1.807, 2.05) is 0 Å². The lowest BCUT2D eigenvalue weighted by atomic mass is 10.3. The minimum atomic E-state index is -1.07.